The summed E-state index contributed by atoms with van der Waals surface area (Å²) >= 11 is 6.01. The molecule has 28 heavy (non-hydrogen) atoms. The minimum absolute atomic E-state index is 0. The molecule has 1 atom stereocenters. The van der Waals surface area contributed by atoms with Crippen LogP contribution in [0.15, 0.2) is 23.2 Å². The van der Waals surface area contributed by atoms with Crippen molar-refractivity contribution in [1.82, 2.24) is 15.5 Å². The van der Waals surface area contributed by atoms with Gasteiger partial charge in [0.25, 0.3) is 0 Å². The first-order chi connectivity index (χ1) is 12.9. The topological polar surface area (TPSA) is 78.4 Å². The third-order valence-electron chi connectivity index (χ3n) is 4.31. The molecule has 2 rings (SSSR count). The number of morpholine rings is 1. The van der Waals surface area contributed by atoms with Crippen LogP contribution >= 0.6 is 35.6 Å². The van der Waals surface area contributed by atoms with Crippen LogP contribution in [0.25, 0.3) is 0 Å². The highest BCUT2D eigenvalue weighted by Crippen LogP contribution is 2.23. The molecule has 1 heterocycles. The summed E-state index contributed by atoms with van der Waals surface area (Å²) in [5, 5.41) is 17.8. The number of aliphatic imine (C=N–C) groups is 1. The minimum atomic E-state index is -0.870. The lowest BCUT2D eigenvalue weighted by Crippen LogP contribution is -2.52. The van der Waals surface area contributed by atoms with Gasteiger partial charge in [0.05, 0.1) is 32.5 Å². The molecule has 7 nitrogen and oxygen atoms in total. The average Bonchev–Trinajstić information content (AvgIpc) is 2.65. The van der Waals surface area contributed by atoms with E-state index in [-0.39, 0.29) is 24.0 Å². The predicted octanol–water partition coefficient (Wildman–Crippen LogP) is 2.10. The second kappa shape index (κ2) is 12.7. The van der Waals surface area contributed by atoms with Gasteiger partial charge < -0.3 is 25.2 Å². The first-order valence-electron chi connectivity index (χ1n) is 9.30. The van der Waals surface area contributed by atoms with E-state index in [1.807, 2.05) is 26.0 Å². The summed E-state index contributed by atoms with van der Waals surface area (Å²) in [6.07, 6.45) is 0. The monoisotopic (exact) mass is 526 g/mol. The van der Waals surface area contributed by atoms with Crippen LogP contribution in [0.2, 0.25) is 5.02 Å². The van der Waals surface area contributed by atoms with E-state index in [4.69, 9.17) is 21.1 Å². The maximum absolute atomic E-state index is 10.7. The Morgan fingerprint density at radius 1 is 1.36 bits per heavy atom. The van der Waals surface area contributed by atoms with Gasteiger partial charge in [-0.1, -0.05) is 17.7 Å². The SMILES string of the molecule is CCNC(=NCc1ccc(Cl)cc1OC)NCC(C)(O)CN1CCOCC1.I. The number of hydrogen-bond donors (Lipinski definition) is 3. The lowest BCUT2D eigenvalue weighted by atomic mass is 10.1. The van der Waals surface area contributed by atoms with Gasteiger partial charge in [-0.05, 0) is 26.0 Å². The molecule has 1 aromatic carbocycles. The number of methoxy groups -OCH3 is 1. The molecular formula is C19H32ClIN4O3. The van der Waals surface area contributed by atoms with E-state index in [0.29, 0.717) is 36.4 Å². The van der Waals surface area contributed by atoms with E-state index < -0.39 is 5.60 Å². The zero-order valence-electron chi connectivity index (χ0n) is 16.8. The molecule has 0 amide bonds. The molecule has 1 fully saturated rings. The molecule has 0 aliphatic carbocycles. The van der Waals surface area contributed by atoms with Gasteiger partial charge in [0.1, 0.15) is 5.75 Å². The number of guanidine groups is 1. The first kappa shape index (κ1) is 25.2. The van der Waals surface area contributed by atoms with Crippen LogP contribution in [-0.2, 0) is 11.3 Å². The van der Waals surface area contributed by atoms with Gasteiger partial charge in [0.15, 0.2) is 5.96 Å². The second-order valence-electron chi connectivity index (χ2n) is 6.89. The van der Waals surface area contributed by atoms with Crippen LogP contribution in [0.4, 0.5) is 0 Å². The average molecular weight is 527 g/mol. The van der Waals surface area contributed by atoms with Gasteiger partial charge >= 0.3 is 0 Å². The van der Waals surface area contributed by atoms with Crippen molar-refractivity contribution in [1.29, 1.82) is 0 Å². The van der Waals surface area contributed by atoms with Crippen molar-refractivity contribution in [2.24, 2.45) is 4.99 Å². The maximum atomic E-state index is 10.7. The quantitative estimate of drug-likeness (QED) is 0.274. The lowest BCUT2D eigenvalue weighted by Gasteiger charge is -2.34. The molecule has 1 aromatic rings. The zero-order valence-corrected chi connectivity index (χ0v) is 19.9. The number of hydrogen-bond acceptors (Lipinski definition) is 5. The largest absolute Gasteiger partial charge is 0.496 e. The molecule has 1 saturated heterocycles. The van der Waals surface area contributed by atoms with Crippen molar-refractivity contribution in [3.8, 4) is 5.75 Å². The molecule has 1 aliphatic rings. The molecule has 1 unspecified atom stereocenters. The summed E-state index contributed by atoms with van der Waals surface area (Å²) in [7, 11) is 1.62. The van der Waals surface area contributed by atoms with Gasteiger partial charge in [-0.3, -0.25) is 4.90 Å². The summed E-state index contributed by atoms with van der Waals surface area (Å²) in [5.41, 5.74) is 0.0741. The van der Waals surface area contributed by atoms with E-state index in [2.05, 4.69) is 20.5 Å². The molecule has 0 radical (unpaired) electrons. The van der Waals surface area contributed by atoms with Crippen LogP contribution in [0.1, 0.15) is 19.4 Å². The fraction of sp³-hybridized carbons (Fsp3) is 0.632. The Morgan fingerprint density at radius 3 is 2.71 bits per heavy atom. The maximum Gasteiger partial charge on any atom is 0.191 e. The number of β-amino-alcohol motifs (C(OH)–C–C–N with tert-alkyl or cyclic N) is 1. The predicted molar refractivity (Wildman–Crippen MR) is 124 cm³/mol. The van der Waals surface area contributed by atoms with E-state index in [9.17, 15) is 5.11 Å². The van der Waals surface area contributed by atoms with Crippen molar-refractivity contribution < 1.29 is 14.6 Å². The standard InChI is InChI=1S/C19H31ClN4O3.HI/c1-4-21-18(22-12-15-5-6-16(20)11-17(15)26-3)23-13-19(2,25)14-24-7-9-27-10-8-24;/h5-6,11,25H,4,7-10,12-14H2,1-3H3,(H2,21,22,23);1H. The van der Waals surface area contributed by atoms with Crippen LogP contribution in [0, 0.1) is 0 Å². The Labute approximate surface area is 189 Å². The Hall–Kier alpha value is -0.810. The number of benzene rings is 1. The van der Waals surface area contributed by atoms with E-state index in [0.717, 1.165) is 38.4 Å². The van der Waals surface area contributed by atoms with Crippen LogP contribution in [-0.4, -0.2) is 74.6 Å². The highest BCUT2D eigenvalue weighted by Gasteiger charge is 2.25. The van der Waals surface area contributed by atoms with Crippen molar-refractivity contribution in [2.45, 2.75) is 26.0 Å². The molecule has 0 spiro atoms. The second-order valence-corrected chi connectivity index (χ2v) is 7.33. The molecule has 0 bridgehead atoms. The van der Waals surface area contributed by atoms with Crippen LogP contribution < -0.4 is 15.4 Å². The highest BCUT2D eigenvalue weighted by molar-refractivity contribution is 14.0. The normalized spacial score (nSPS) is 17.4. The molecule has 0 saturated carbocycles. The van der Waals surface area contributed by atoms with Gasteiger partial charge in [0, 0.05) is 43.3 Å². The fourth-order valence-corrected chi connectivity index (χ4v) is 3.09. The summed E-state index contributed by atoms with van der Waals surface area (Å²) in [4.78, 5) is 6.81. The van der Waals surface area contributed by atoms with E-state index in [1.54, 1.807) is 13.2 Å². The third kappa shape index (κ3) is 8.69. The minimum Gasteiger partial charge on any atom is -0.496 e. The summed E-state index contributed by atoms with van der Waals surface area (Å²) < 4.78 is 10.7. The van der Waals surface area contributed by atoms with Crippen LogP contribution in [0.5, 0.6) is 5.75 Å². The number of rotatable bonds is 8. The third-order valence-corrected chi connectivity index (χ3v) is 4.54. The van der Waals surface area contributed by atoms with E-state index >= 15 is 0 Å². The molecular weight excluding hydrogens is 495 g/mol. The number of aliphatic hydroxyl groups is 1. The summed E-state index contributed by atoms with van der Waals surface area (Å²) in [6.45, 7) is 9.14. The van der Waals surface area contributed by atoms with Gasteiger partial charge in [-0.2, -0.15) is 0 Å². The number of halogens is 2. The van der Waals surface area contributed by atoms with Crippen molar-refractivity contribution in [3.63, 3.8) is 0 Å². The molecule has 3 N–H and O–H groups in total. The smallest absolute Gasteiger partial charge is 0.191 e. The Bertz CT molecular complexity index is 625. The van der Waals surface area contributed by atoms with Gasteiger partial charge in [0.2, 0.25) is 0 Å². The molecule has 160 valence electrons. The molecule has 0 aromatic heterocycles. The van der Waals surface area contributed by atoms with Gasteiger partial charge in [-0.15, -0.1) is 24.0 Å². The molecule has 1 aliphatic heterocycles. The number of nitrogens with zero attached hydrogens (tertiary/aromatic N) is 2. The lowest BCUT2D eigenvalue weighted by molar-refractivity contribution is -0.0201. The highest BCUT2D eigenvalue weighted by atomic mass is 127. The van der Waals surface area contributed by atoms with Crippen LogP contribution in [0.3, 0.4) is 0 Å². The summed E-state index contributed by atoms with van der Waals surface area (Å²) in [5.74, 6) is 1.36. The Kier molecular flexibility index (Phi) is 11.4. The summed E-state index contributed by atoms with van der Waals surface area (Å²) in [6, 6.07) is 5.51. The zero-order chi connectivity index (χ0) is 19.7. The number of ether oxygens (including phenoxy) is 2. The van der Waals surface area contributed by atoms with Crippen molar-refractivity contribution >= 4 is 41.5 Å². The Balaban J connectivity index is 0.00000392. The first-order valence-corrected chi connectivity index (χ1v) is 9.68. The van der Waals surface area contributed by atoms with E-state index in [1.165, 1.54) is 0 Å². The van der Waals surface area contributed by atoms with Crippen molar-refractivity contribution in [3.05, 3.63) is 28.8 Å². The number of nitrogens with one attached hydrogen (secondary N) is 2. The van der Waals surface area contributed by atoms with Crippen molar-refractivity contribution in [2.75, 3.05) is 53.0 Å². The fourth-order valence-electron chi connectivity index (χ4n) is 2.93. The Morgan fingerprint density at radius 2 is 2.07 bits per heavy atom. The van der Waals surface area contributed by atoms with Gasteiger partial charge in [-0.25, -0.2) is 4.99 Å². The molecule has 9 heteroatoms.